The number of rotatable bonds is 5. The highest BCUT2D eigenvalue weighted by Crippen LogP contribution is 2.24. The normalized spacial score (nSPS) is 10.3. The Labute approximate surface area is 110 Å². The monoisotopic (exact) mass is 264 g/mol. The molecule has 0 amide bonds. The number of benzene rings is 1. The lowest BCUT2D eigenvalue weighted by atomic mass is 10.2. The molecule has 5 heteroatoms. The third-order valence-electron chi connectivity index (χ3n) is 2.63. The maximum atomic E-state index is 10.9. The van der Waals surface area contributed by atoms with Crippen LogP contribution in [0.4, 0.5) is 0 Å². The van der Waals surface area contributed by atoms with E-state index in [1.165, 1.54) is 0 Å². The lowest BCUT2D eigenvalue weighted by Gasteiger charge is -2.09. The van der Waals surface area contributed by atoms with Crippen LogP contribution in [0.3, 0.4) is 0 Å². The zero-order valence-corrected chi connectivity index (χ0v) is 10.7. The van der Waals surface area contributed by atoms with Gasteiger partial charge in [0.2, 0.25) is 0 Å². The largest absolute Gasteiger partial charge is 0.492 e. The molecule has 0 aliphatic carbocycles. The molecule has 0 atom stereocenters. The maximum Gasteiger partial charge on any atom is 0.155 e. The van der Waals surface area contributed by atoms with Gasteiger partial charge in [-0.15, -0.1) is 0 Å². The van der Waals surface area contributed by atoms with Crippen LogP contribution in [0.2, 0.25) is 5.02 Å². The molecule has 0 aliphatic rings. The van der Waals surface area contributed by atoms with Crippen molar-refractivity contribution in [2.45, 2.75) is 6.42 Å². The average Bonchev–Trinajstić information content (AvgIpc) is 2.75. The first-order chi connectivity index (χ1) is 8.72. The smallest absolute Gasteiger partial charge is 0.155 e. The maximum absolute atomic E-state index is 10.9. The first kappa shape index (κ1) is 12.6. The van der Waals surface area contributed by atoms with E-state index in [4.69, 9.17) is 16.3 Å². The van der Waals surface area contributed by atoms with Gasteiger partial charge in [-0.25, -0.2) is 4.98 Å². The van der Waals surface area contributed by atoms with Gasteiger partial charge in [0, 0.05) is 25.9 Å². The van der Waals surface area contributed by atoms with Crippen LogP contribution in [0.25, 0.3) is 0 Å². The van der Waals surface area contributed by atoms with Gasteiger partial charge < -0.3 is 9.30 Å². The van der Waals surface area contributed by atoms with Crippen LogP contribution >= 0.6 is 11.6 Å². The Kier molecular flexibility index (Phi) is 3.99. The summed E-state index contributed by atoms with van der Waals surface area (Å²) in [6.07, 6.45) is 5.00. The lowest BCUT2D eigenvalue weighted by molar-refractivity contribution is 0.111. The number of carbonyl (C=O) groups is 1. The molecule has 2 aromatic rings. The van der Waals surface area contributed by atoms with E-state index in [-0.39, 0.29) is 0 Å². The third-order valence-corrected chi connectivity index (χ3v) is 2.96. The molecule has 2 rings (SSSR count). The van der Waals surface area contributed by atoms with E-state index < -0.39 is 0 Å². The van der Waals surface area contributed by atoms with E-state index in [9.17, 15) is 4.79 Å². The van der Waals surface area contributed by atoms with E-state index in [0.29, 0.717) is 35.6 Å². The van der Waals surface area contributed by atoms with Crippen LogP contribution in [0.15, 0.2) is 30.6 Å². The van der Waals surface area contributed by atoms with Gasteiger partial charge in [-0.05, 0) is 12.1 Å². The molecule has 18 heavy (non-hydrogen) atoms. The van der Waals surface area contributed by atoms with Crippen molar-refractivity contribution in [3.63, 3.8) is 0 Å². The fourth-order valence-electron chi connectivity index (χ4n) is 1.65. The highest BCUT2D eigenvalue weighted by Gasteiger charge is 2.07. The van der Waals surface area contributed by atoms with Gasteiger partial charge in [-0.2, -0.15) is 0 Å². The predicted molar refractivity (Wildman–Crippen MR) is 69.2 cm³/mol. The lowest BCUT2D eigenvalue weighted by Crippen LogP contribution is -2.07. The van der Waals surface area contributed by atoms with Crippen molar-refractivity contribution in [2.75, 3.05) is 6.61 Å². The van der Waals surface area contributed by atoms with Gasteiger partial charge >= 0.3 is 0 Å². The second-order valence-electron chi connectivity index (χ2n) is 3.82. The zero-order valence-electron chi connectivity index (χ0n) is 9.97. The molecule has 0 unspecified atom stereocenters. The van der Waals surface area contributed by atoms with Crippen molar-refractivity contribution < 1.29 is 9.53 Å². The number of aromatic nitrogens is 2. The molecule has 1 aromatic heterocycles. The molecule has 0 spiro atoms. The number of nitrogens with zero attached hydrogens (tertiary/aromatic N) is 2. The average molecular weight is 265 g/mol. The van der Waals surface area contributed by atoms with Gasteiger partial charge in [-0.3, -0.25) is 4.79 Å². The first-order valence-electron chi connectivity index (χ1n) is 5.55. The van der Waals surface area contributed by atoms with Crippen molar-refractivity contribution in [2.24, 2.45) is 7.05 Å². The van der Waals surface area contributed by atoms with Crippen LogP contribution < -0.4 is 4.74 Å². The van der Waals surface area contributed by atoms with E-state index >= 15 is 0 Å². The number of hydrogen-bond acceptors (Lipinski definition) is 3. The topological polar surface area (TPSA) is 44.1 Å². The van der Waals surface area contributed by atoms with Crippen LogP contribution in [0.5, 0.6) is 5.75 Å². The molecule has 1 heterocycles. The molecule has 0 saturated carbocycles. The second kappa shape index (κ2) is 5.69. The summed E-state index contributed by atoms with van der Waals surface area (Å²) in [6.45, 7) is 0.450. The number of carbonyl (C=O) groups excluding carboxylic acids is 1. The molecule has 0 aliphatic heterocycles. The van der Waals surface area contributed by atoms with Crippen molar-refractivity contribution in [3.8, 4) is 5.75 Å². The molecule has 0 N–H and O–H groups in total. The fourth-order valence-corrected chi connectivity index (χ4v) is 1.86. The number of ether oxygens (including phenoxy) is 1. The van der Waals surface area contributed by atoms with Gasteiger partial charge in [0.1, 0.15) is 11.6 Å². The van der Waals surface area contributed by atoms with Crippen molar-refractivity contribution in [1.82, 2.24) is 9.55 Å². The van der Waals surface area contributed by atoms with Crippen LogP contribution in [0, 0.1) is 0 Å². The summed E-state index contributed by atoms with van der Waals surface area (Å²) < 4.78 is 7.50. The number of halogens is 1. The highest BCUT2D eigenvalue weighted by molar-refractivity contribution is 6.33. The molecule has 0 fully saturated rings. The SMILES string of the molecule is Cn1ccnc1CCOc1cccc(Cl)c1C=O. The Morgan fingerprint density at radius 2 is 2.33 bits per heavy atom. The number of hydrogen-bond donors (Lipinski definition) is 0. The van der Waals surface area contributed by atoms with Gasteiger partial charge in [0.15, 0.2) is 6.29 Å². The summed E-state index contributed by atoms with van der Waals surface area (Å²) >= 11 is 5.91. The minimum absolute atomic E-state index is 0.388. The second-order valence-corrected chi connectivity index (χ2v) is 4.23. The molecule has 0 saturated heterocycles. The predicted octanol–water partition coefficient (Wildman–Crippen LogP) is 2.51. The van der Waals surface area contributed by atoms with Crippen LogP contribution in [0.1, 0.15) is 16.2 Å². The number of aldehydes is 1. The summed E-state index contributed by atoms with van der Waals surface area (Å²) in [7, 11) is 1.93. The minimum atomic E-state index is 0.388. The Balaban J connectivity index is 2.01. The van der Waals surface area contributed by atoms with E-state index in [2.05, 4.69) is 4.98 Å². The molecule has 0 bridgehead atoms. The Bertz CT molecular complexity index is 552. The van der Waals surface area contributed by atoms with Gasteiger partial charge in [0.05, 0.1) is 17.2 Å². The molecular weight excluding hydrogens is 252 g/mol. The molecule has 0 radical (unpaired) electrons. The molecule has 4 nitrogen and oxygen atoms in total. The van der Waals surface area contributed by atoms with Gasteiger partial charge in [-0.1, -0.05) is 17.7 Å². The summed E-state index contributed by atoms with van der Waals surface area (Å²) in [5.74, 6) is 1.44. The molecule has 1 aromatic carbocycles. The quantitative estimate of drug-likeness (QED) is 0.780. The van der Waals surface area contributed by atoms with E-state index in [1.807, 2.05) is 17.8 Å². The van der Waals surface area contributed by atoms with E-state index in [0.717, 1.165) is 5.82 Å². The van der Waals surface area contributed by atoms with Gasteiger partial charge in [0.25, 0.3) is 0 Å². The standard InChI is InChI=1S/C13H13ClN2O2/c1-16-7-6-15-13(16)5-8-18-12-4-2-3-11(14)10(12)9-17/h2-4,6-7,9H,5,8H2,1H3. The van der Waals surface area contributed by atoms with Crippen molar-refractivity contribution in [3.05, 3.63) is 47.0 Å². The Morgan fingerprint density at radius 3 is 3.00 bits per heavy atom. The highest BCUT2D eigenvalue weighted by atomic mass is 35.5. The summed E-state index contributed by atoms with van der Waals surface area (Å²) in [5, 5.41) is 0.402. The third kappa shape index (κ3) is 2.71. The van der Waals surface area contributed by atoms with E-state index in [1.54, 1.807) is 24.4 Å². The summed E-state index contributed by atoms with van der Waals surface area (Å²) in [5.41, 5.74) is 0.388. The first-order valence-corrected chi connectivity index (χ1v) is 5.93. The molecule has 94 valence electrons. The fraction of sp³-hybridized carbons (Fsp3) is 0.231. The van der Waals surface area contributed by atoms with Crippen LogP contribution in [-0.2, 0) is 13.5 Å². The number of aryl methyl sites for hydroxylation is 1. The minimum Gasteiger partial charge on any atom is -0.492 e. The zero-order chi connectivity index (χ0) is 13.0. The molecular formula is C13H13ClN2O2. The Hall–Kier alpha value is -1.81. The van der Waals surface area contributed by atoms with Crippen LogP contribution in [-0.4, -0.2) is 22.4 Å². The van der Waals surface area contributed by atoms with Crippen molar-refractivity contribution in [1.29, 1.82) is 0 Å². The summed E-state index contributed by atoms with van der Waals surface area (Å²) in [6, 6.07) is 5.15. The Morgan fingerprint density at radius 1 is 1.50 bits per heavy atom. The number of imidazole rings is 1. The van der Waals surface area contributed by atoms with Crippen molar-refractivity contribution >= 4 is 17.9 Å². The summed E-state index contributed by atoms with van der Waals surface area (Å²) in [4.78, 5) is 15.1.